The number of para-hydroxylation sites is 1. The Morgan fingerprint density at radius 2 is 1.86 bits per heavy atom. The topological polar surface area (TPSA) is 93.9 Å². The Balaban J connectivity index is 1.49. The minimum atomic E-state index is -1.39. The van der Waals surface area contributed by atoms with Crippen molar-refractivity contribution < 1.29 is 19.2 Å². The van der Waals surface area contributed by atoms with Gasteiger partial charge in [0.05, 0.1) is 12.5 Å². The lowest BCUT2D eigenvalue weighted by molar-refractivity contribution is -0.534. The molecule has 1 N–H and O–H groups in total. The molecule has 0 bridgehead atoms. The van der Waals surface area contributed by atoms with E-state index in [1.165, 1.54) is 0 Å². The first-order valence-electron chi connectivity index (χ1n) is 11.8. The number of likely N-dealkylation sites (tertiary alicyclic amines) is 1. The normalized spacial score (nSPS) is 22.9. The van der Waals surface area contributed by atoms with Crippen molar-refractivity contribution in [2.45, 2.75) is 31.0 Å². The summed E-state index contributed by atoms with van der Waals surface area (Å²) in [5.41, 5.74) is 1.53. The van der Waals surface area contributed by atoms with Gasteiger partial charge in [-0.25, -0.2) is 0 Å². The zero-order valence-corrected chi connectivity index (χ0v) is 20.7. The number of fused-ring (bicyclic) bond motifs is 2. The molecule has 1 fully saturated rings. The molecule has 1 saturated heterocycles. The highest BCUT2D eigenvalue weighted by atomic mass is 35.5. The summed E-state index contributed by atoms with van der Waals surface area (Å²) in [6.45, 7) is 2.93. The molecule has 1 amide bonds. The summed E-state index contributed by atoms with van der Waals surface area (Å²) >= 11 is 5.96. The van der Waals surface area contributed by atoms with E-state index in [2.05, 4.69) is 5.32 Å². The maximum absolute atomic E-state index is 13.3. The molecule has 0 aliphatic carbocycles. The molecule has 8 nitrogen and oxygen atoms in total. The van der Waals surface area contributed by atoms with Gasteiger partial charge in [-0.15, -0.1) is 0 Å². The third-order valence-electron chi connectivity index (χ3n) is 7.04. The highest BCUT2D eigenvalue weighted by Gasteiger charge is 2.68. The number of nitrogens with one attached hydrogen (secondary N) is 1. The molecule has 3 aromatic rings. The summed E-state index contributed by atoms with van der Waals surface area (Å²) in [4.78, 5) is 27.3. The summed E-state index contributed by atoms with van der Waals surface area (Å²) in [5.74, 6) is 0.138. The monoisotopic (exact) mass is 507 g/mol. The Kier molecular flexibility index (Phi) is 6.32. The maximum atomic E-state index is 13.3. The summed E-state index contributed by atoms with van der Waals surface area (Å²) < 4.78 is 11.9. The van der Waals surface area contributed by atoms with Crippen molar-refractivity contribution in [2.75, 3.05) is 25.5 Å². The number of rotatable bonds is 7. The molecule has 0 saturated carbocycles. The van der Waals surface area contributed by atoms with Crippen LogP contribution in [0.15, 0.2) is 66.7 Å². The van der Waals surface area contributed by atoms with E-state index in [0.717, 1.165) is 11.1 Å². The molecule has 0 radical (unpaired) electrons. The van der Waals surface area contributed by atoms with E-state index >= 15 is 0 Å². The second kappa shape index (κ2) is 9.44. The van der Waals surface area contributed by atoms with E-state index in [-0.39, 0.29) is 10.8 Å². The van der Waals surface area contributed by atoms with Gasteiger partial charge < -0.3 is 14.8 Å². The number of benzene rings is 3. The molecule has 0 unspecified atom stereocenters. The van der Waals surface area contributed by atoms with Crippen molar-refractivity contribution >= 4 is 23.2 Å². The Morgan fingerprint density at radius 3 is 2.58 bits per heavy atom. The number of anilines is 1. The quantitative estimate of drug-likeness (QED) is 0.363. The van der Waals surface area contributed by atoms with Gasteiger partial charge in [-0.1, -0.05) is 48.0 Å². The second-order valence-electron chi connectivity index (χ2n) is 9.04. The molecule has 0 aromatic heterocycles. The molecular weight excluding hydrogens is 482 g/mol. The van der Waals surface area contributed by atoms with Gasteiger partial charge >= 0.3 is 0 Å². The van der Waals surface area contributed by atoms with Crippen molar-refractivity contribution in [1.29, 1.82) is 0 Å². The van der Waals surface area contributed by atoms with E-state index in [4.69, 9.17) is 21.1 Å². The first-order chi connectivity index (χ1) is 17.4. The average Bonchev–Trinajstić information content (AvgIpc) is 3.34. The lowest BCUT2D eigenvalue weighted by Crippen LogP contribution is -2.54. The van der Waals surface area contributed by atoms with Crippen LogP contribution in [0.1, 0.15) is 29.5 Å². The van der Waals surface area contributed by atoms with Crippen molar-refractivity contribution in [3.63, 3.8) is 0 Å². The van der Waals surface area contributed by atoms with Crippen LogP contribution in [-0.4, -0.2) is 42.0 Å². The fourth-order valence-corrected chi connectivity index (χ4v) is 5.59. The summed E-state index contributed by atoms with van der Waals surface area (Å²) in [7, 11) is 1.77. The van der Waals surface area contributed by atoms with Crippen LogP contribution < -0.4 is 14.8 Å². The third-order valence-corrected chi connectivity index (χ3v) is 7.30. The van der Waals surface area contributed by atoms with Gasteiger partial charge in [0.2, 0.25) is 0 Å². The minimum absolute atomic E-state index is 0.318. The van der Waals surface area contributed by atoms with Crippen LogP contribution in [-0.2, 0) is 16.9 Å². The molecular formula is C27H26ClN3O5. The molecule has 2 aliphatic heterocycles. The Morgan fingerprint density at radius 1 is 1.11 bits per heavy atom. The van der Waals surface area contributed by atoms with E-state index in [0.29, 0.717) is 47.5 Å². The first kappa shape index (κ1) is 24.1. The lowest BCUT2D eigenvalue weighted by atomic mass is 9.79. The molecule has 2 heterocycles. The van der Waals surface area contributed by atoms with Crippen LogP contribution >= 0.6 is 11.6 Å². The number of carbonyl (C=O) groups excluding carboxylic acids is 1. The number of nitrogens with zero attached hydrogens (tertiary/aromatic N) is 2. The number of carbonyl (C=O) groups is 1. The predicted octanol–water partition coefficient (Wildman–Crippen LogP) is 4.84. The number of likely N-dealkylation sites (N-methyl/N-ethyl adjacent to an activating group) is 1. The van der Waals surface area contributed by atoms with E-state index in [1.54, 1.807) is 54.4 Å². The molecule has 3 atom stereocenters. The Hall–Kier alpha value is -3.62. The van der Waals surface area contributed by atoms with Crippen LogP contribution in [0.4, 0.5) is 5.69 Å². The molecule has 1 spiro atoms. The first-order valence-corrected chi connectivity index (χ1v) is 12.1. The number of hydrogen-bond donors (Lipinski definition) is 1. The summed E-state index contributed by atoms with van der Waals surface area (Å²) in [6.07, 6.45) is 0. The SMILES string of the molecule is CCOc1cc([C@@H]2CN(C)[C@@]3(C(=O)Nc4ccccc43)[C@@H]2[N+](=O)[O-])ccc1OCc1ccc(Cl)cc1. The maximum Gasteiger partial charge on any atom is 0.256 e. The zero-order valence-electron chi connectivity index (χ0n) is 19.9. The van der Waals surface area contributed by atoms with Crippen LogP contribution in [0.2, 0.25) is 5.02 Å². The number of amides is 1. The van der Waals surface area contributed by atoms with Crippen molar-refractivity contribution in [3.05, 3.63) is 98.6 Å². The van der Waals surface area contributed by atoms with Gasteiger partial charge in [0, 0.05) is 27.7 Å². The number of halogens is 1. The van der Waals surface area contributed by atoms with Gasteiger partial charge in [-0.2, -0.15) is 0 Å². The predicted molar refractivity (Wildman–Crippen MR) is 136 cm³/mol. The minimum Gasteiger partial charge on any atom is -0.490 e. The third kappa shape index (κ3) is 3.86. The van der Waals surface area contributed by atoms with Gasteiger partial charge in [0.15, 0.2) is 17.0 Å². The Labute approximate surface area is 213 Å². The van der Waals surface area contributed by atoms with E-state index in [9.17, 15) is 14.9 Å². The molecule has 36 heavy (non-hydrogen) atoms. The fraction of sp³-hybridized carbons (Fsp3) is 0.296. The number of nitro groups is 1. The number of hydrogen-bond acceptors (Lipinski definition) is 6. The summed E-state index contributed by atoms with van der Waals surface area (Å²) in [5, 5.41) is 16.0. The second-order valence-corrected chi connectivity index (χ2v) is 9.47. The largest absolute Gasteiger partial charge is 0.490 e. The van der Waals surface area contributed by atoms with Gasteiger partial charge in [0.1, 0.15) is 6.61 Å². The molecule has 3 aromatic carbocycles. The van der Waals surface area contributed by atoms with Gasteiger partial charge in [-0.05, 0) is 55.4 Å². The zero-order chi connectivity index (χ0) is 25.4. The molecule has 9 heteroatoms. The van der Waals surface area contributed by atoms with Gasteiger partial charge in [0.25, 0.3) is 11.9 Å². The van der Waals surface area contributed by atoms with E-state index < -0.39 is 17.5 Å². The van der Waals surface area contributed by atoms with Crippen LogP contribution in [0.25, 0.3) is 0 Å². The molecule has 186 valence electrons. The lowest BCUT2D eigenvalue weighted by Gasteiger charge is -2.30. The number of ether oxygens (including phenoxy) is 2. The molecule has 2 aliphatic rings. The average molecular weight is 508 g/mol. The van der Waals surface area contributed by atoms with Crippen LogP contribution in [0, 0.1) is 10.1 Å². The molecule has 5 rings (SSSR count). The van der Waals surface area contributed by atoms with Gasteiger partial charge in [-0.3, -0.25) is 19.8 Å². The van der Waals surface area contributed by atoms with Crippen molar-refractivity contribution in [1.82, 2.24) is 4.90 Å². The standard InChI is InChI=1S/C27H26ClN3O5/c1-3-35-24-14-18(10-13-23(24)36-16-17-8-11-19(28)12-9-17)20-15-30(2)27(25(20)31(33)34)21-6-4-5-7-22(21)29-26(27)32/h4-14,20,25H,3,15-16H2,1-2H3,(H,29,32)/t20-,25+,27+/m0/s1. The fourth-order valence-electron chi connectivity index (χ4n) is 5.46. The smallest absolute Gasteiger partial charge is 0.256 e. The van der Waals surface area contributed by atoms with Crippen LogP contribution in [0.5, 0.6) is 11.5 Å². The summed E-state index contributed by atoms with van der Waals surface area (Å²) in [6, 6.07) is 18.8. The van der Waals surface area contributed by atoms with Crippen molar-refractivity contribution in [2.24, 2.45) is 0 Å². The highest BCUT2D eigenvalue weighted by Crippen LogP contribution is 2.52. The highest BCUT2D eigenvalue weighted by molar-refractivity contribution is 6.30. The van der Waals surface area contributed by atoms with Crippen molar-refractivity contribution in [3.8, 4) is 11.5 Å². The van der Waals surface area contributed by atoms with E-state index in [1.807, 2.05) is 31.2 Å². The van der Waals surface area contributed by atoms with Crippen LogP contribution in [0.3, 0.4) is 0 Å². The Bertz CT molecular complexity index is 1320.